The van der Waals surface area contributed by atoms with Crippen molar-refractivity contribution in [2.45, 2.75) is 6.92 Å². The fraction of sp³-hybridized carbons (Fsp3) is 0.100. The Morgan fingerprint density at radius 2 is 1.90 bits per heavy atom. The third-order valence-corrected chi connectivity index (χ3v) is 4.40. The van der Waals surface area contributed by atoms with Crippen LogP contribution >= 0.6 is 0 Å². The van der Waals surface area contributed by atoms with Gasteiger partial charge in [-0.3, -0.25) is 4.79 Å². The number of rotatable bonds is 6. The first-order valence-corrected chi connectivity index (χ1v) is 9.15. The number of anilines is 1. The highest BCUT2D eigenvalue weighted by molar-refractivity contribution is 5.98. The highest BCUT2D eigenvalue weighted by atomic mass is 16.6. The zero-order chi connectivity index (χ0) is 21.8. The molecule has 0 atom stereocenters. The minimum absolute atomic E-state index is 0.0164. The number of nitrogens with zero attached hydrogens (tertiary/aromatic N) is 6. The van der Waals surface area contributed by atoms with Gasteiger partial charge in [0, 0.05) is 5.56 Å². The normalized spacial score (nSPS) is 11.0. The van der Waals surface area contributed by atoms with Crippen molar-refractivity contribution in [2.75, 3.05) is 12.8 Å². The molecule has 0 fully saturated rings. The van der Waals surface area contributed by atoms with E-state index in [1.807, 2.05) is 43.3 Å². The number of nitrogens with two attached hydrogens (primary N) is 1. The quantitative estimate of drug-likeness (QED) is 0.357. The Morgan fingerprint density at radius 1 is 1.16 bits per heavy atom. The molecule has 0 spiro atoms. The standard InChI is InChI=1S/C20H18N8O3/c1-12-3-7-14(8-4-12)17-16(23-27-28(17)19-18(21)25-31-26-19)20(29)24-22-11-13-5-9-15(30-2)10-6-13/h3-11H,1-2H3,(H2,21,25)(H,24,29). The number of nitrogens with one attached hydrogen (secondary N) is 1. The number of benzene rings is 2. The zero-order valence-electron chi connectivity index (χ0n) is 16.7. The molecule has 156 valence electrons. The molecule has 31 heavy (non-hydrogen) atoms. The highest BCUT2D eigenvalue weighted by Crippen LogP contribution is 2.26. The number of ether oxygens (including phenoxy) is 1. The predicted octanol–water partition coefficient (Wildman–Crippen LogP) is 1.98. The van der Waals surface area contributed by atoms with Crippen molar-refractivity contribution in [3.63, 3.8) is 0 Å². The lowest BCUT2D eigenvalue weighted by molar-refractivity contribution is 0.0950. The van der Waals surface area contributed by atoms with Gasteiger partial charge in [0.25, 0.3) is 5.91 Å². The number of amides is 1. The van der Waals surface area contributed by atoms with Gasteiger partial charge in [-0.1, -0.05) is 35.0 Å². The van der Waals surface area contributed by atoms with Gasteiger partial charge in [0.2, 0.25) is 11.6 Å². The topological polar surface area (TPSA) is 146 Å². The van der Waals surface area contributed by atoms with Crippen LogP contribution in [0.3, 0.4) is 0 Å². The summed E-state index contributed by atoms with van der Waals surface area (Å²) in [4.78, 5) is 12.8. The lowest BCUT2D eigenvalue weighted by Crippen LogP contribution is -2.19. The van der Waals surface area contributed by atoms with E-state index in [1.54, 1.807) is 19.2 Å². The Hall–Kier alpha value is -4.54. The second-order valence-corrected chi connectivity index (χ2v) is 6.51. The van der Waals surface area contributed by atoms with E-state index < -0.39 is 5.91 Å². The van der Waals surface area contributed by atoms with Crippen LogP contribution in [-0.4, -0.2) is 44.5 Å². The Labute approximate surface area is 176 Å². The number of hydrazone groups is 1. The van der Waals surface area contributed by atoms with E-state index in [2.05, 4.69) is 35.8 Å². The van der Waals surface area contributed by atoms with Crippen LogP contribution in [0.5, 0.6) is 5.75 Å². The Balaban J connectivity index is 1.64. The van der Waals surface area contributed by atoms with Gasteiger partial charge in [-0.2, -0.15) is 9.78 Å². The summed E-state index contributed by atoms with van der Waals surface area (Å²) in [6.45, 7) is 1.96. The fourth-order valence-electron chi connectivity index (χ4n) is 2.80. The first kappa shape index (κ1) is 19.8. The van der Waals surface area contributed by atoms with Crippen molar-refractivity contribution in [2.24, 2.45) is 5.10 Å². The average Bonchev–Trinajstić information content (AvgIpc) is 3.40. The molecule has 0 aliphatic heterocycles. The van der Waals surface area contributed by atoms with Crippen LogP contribution in [-0.2, 0) is 0 Å². The molecule has 11 heteroatoms. The highest BCUT2D eigenvalue weighted by Gasteiger charge is 2.25. The van der Waals surface area contributed by atoms with Crippen LogP contribution in [0.2, 0.25) is 0 Å². The summed E-state index contributed by atoms with van der Waals surface area (Å²) in [5, 5.41) is 19.3. The van der Waals surface area contributed by atoms with Gasteiger partial charge in [-0.15, -0.1) is 5.10 Å². The van der Waals surface area contributed by atoms with Crippen LogP contribution < -0.4 is 15.9 Å². The molecule has 0 bridgehead atoms. The molecule has 3 N–H and O–H groups in total. The van der Waals surface area contributed by atoms with E-state index >= 15 is 0 Å². The van der Waals surface area contributed by atoms with Crippen LogP contribution in [0.25, 0.3) is 17.1 Å². The SMILES string of the molecule is COc1ccc(C=NNC(=O)c2nnn(-c3nonc3N)c2-c2ccc(C)cc2)cc1. The van der Waals surface area contributed by atoms with E-state index in [4.69, 9.17) is 10.5 Å². The van der Waals surface area contributed by atoms with Gasteiger partial charge < -0.3 is 10.5 Å². The molecule has 0 aliphatic carbocycles. The number of hydrogen-bond acceptors (Lipinski definition) is 9. The minimum atomic E-state index is -0.554. The van der Waals surface area contributed by atoms with Crippen LogP contribution in [0.15, 0.2) is 58.3 Å². The van der Waals surface area contributed by atoms with E-state index in [9.17, 15) is 4.79 Å². The zero-order valence-corrected chi connectivity index (χ0v) is 16.7. The van der Waals surface area contributed by atoms with Crippen molar-refractivity contribution >= 4 is 17.9 Å². The maximum Gasteiger partial charge on any atom is 0.294 e. The van der Waals surface area contributed by atoms with Crippen LogP contribution in [0.4, 0.5) is 5.82 Å². The van der Waals surface area contributed by atoms with Crippen molar-refractivity contribution in [3.8, 4) is 22.8 Å². The largest absolute Gasteiger partial charge is 0.497 e. The summed E-state index contributed by atoms with van der Waals surface area (Å²) in [6.07, 6.45) is 1.51. The Morgan fingerprint density at radius 3 is 2.55 bits per heavy atom. The summed E-state index contributed by atoms with van der Waals surface area (Å²) in [5.74, 6) is 0.315. The molecular formula is C20H18N8O3. The van der Waals surface area contributed by atoms with Gasteiger partial charge >= 0.3 is 0 Å². The number of carbonyl (C=O) groups excluding carboxylic acids is 1. The second-order valence-electron chi connectivity index (χ2n) is 6.51. The third kappa shape index (κ3) is 4.10. The molecule has 0 saturated heterocycles. The molecular weight excluding hydrogens is 400 g/mol. The maximum absolute atomic E-state index is 12.8. The first-order valence-electron chi connectivity index (χ1n) is 9.15. The second kappa shape index (κ2) is 8.45. The predicted molar refractivity (Wildman–Crippen MR) is 112 cm³/mol. The molecule has 0 unspecified atom stereocenters. The maximum atomic E-state index is 12.8. The summed E-state index contributed by atoms with van der Waals surface area (Å²) in [7, 11) is 1.59. The van der Waals surface area contributed by atoms with Gasteiger partial charge in [0.05, 0.1) is 13.3 Å². The first-order chi connectivity index (χ1) is 15.1. The smallest absolute Gasteiger partial charge is 0.294 e. The third-order valence-electron chi connectivity index (χ3n) is 4.40. The minimum Gasteiger partial charge on any atom is -0.497 e. The number of aromatic nitrogens is 5. The number of aryl methyl sites for hydroxylation is 1. The van der Waals surface area contributed by atoms with Crippen molar-refractivity contribution < 1.29 is 14.2 Å². The molecule has 4 rings (SSSR count). The van der Waals surface area contributed by atoms with Crippen molar-refractivity contribution in [1.82, 2.24) is 30.7 Å². The summed E-state index contributed by atoms with van der Waals surface area (Å²) in [6, 6.07) is 14.7. The lowest BCUT2D eigenvalue weighted by Gasteiger charge is -2.06. The average molecular weight is 418 g/mol. The Kier molecular flexibility index (Phi) is 5.39. The molecule has 0 saturated carbocycles. The number of methoxy groups -OCH3 is 1. The fourth-order valence-corrected chi connectivity index (χ4v) is 2.80. The summed E-state index contributed by atoms with van der Waals surface area (Å²) >= 11 is 0. The molecule has 0 aliphatic rings. The van der Waals surface area contributed by atoms with E-state index in [-0.39, 0.29) is 17.3 Å². The van der Waals surface area contributed by atoms with Gasteiger partial charge in [0.1, 0.15) is 11.4 Å². The Bertz CT molecular complexity index is 1230. The number of hydrogen-bond donors (Lipinski definition) is 2. The summed E-state index contributed by atoms with van der Waals surface area (Å²) < 4.78 is 11.1. The summed E-state index contributed by atoms with van der Waals surface area (Å²) in [5.41, 5.74) is 11.2. The molecule has 2 heterocycles. The monoisotopic (exact) mass is 418 g/mol. The van der Waals surface area contributed by atoms with Gasteiger partial charge in [0.15, 0.2) is 5.69 Å². The number of nitrogen functional groups attached to an aromatic ring is 1. The number of carbonyl (C=O) groups is 1. The van der Waals surface area contributed by atoms with E-state index in [0.29, 0.717) is 11.3 Å². The van der Waals surface area contributed by atoms with Crippen molar-refractivity contribution in [3.05, 3.63) is 65.4 Å². The van der Waals surface area contributed by atoms with Crippen LogP contribution in [0, 0.1) is 6.92 Å². The van der Waals surface area contributed by atoms with Crippen molar-refractivity contribution in [1.29, 1.82) is 0 Å². The van der Waals surface area contributed by atoms with E-state index in [0.717, 1.165) is 16.9 Å². The molecule has 2 aromatic heterocycles. The molecule has 4 aromatic rings. The van der Waals surface area contributed by atoms with Gasteiger partial charge in [-0.05, 0) is 47.1 Å². The van der Waals surface area contributed by atoms with Crippen LogP contribution in [0.1, 0.15) is 21.6 Å². The van der Waals surface area contributed by atoms with E-state index in [1.165, 1.54) is 10.9 Å². The lowest BCUT2D eigenvalue weighted by atomic mass is 10.1. The molecule has 0 radical (unpaired) electrons. The molecule has 1 amide bonds. The van der Waals surface area contributed by atoms with Gasteiger partial charge in [-0.25, -0.2) is 10.1 Å². The molecule has 11 nitrogen and oxygen atoms in total. The molecule has 2 aromatic carbocycles.